The molecule has 0 aliphatic rings. The zero-order valence-electron chi connectivity index (χ0n) is 8.22. The number of esters is 1. The van der Waals surface area contributed by atoms with Crippen LogP contribution in [0.5, 0.6) is 0 Å². The topological polar surface area (TPSA) is 106 Å². The summed E-state index contributed by atoms with van der Waals surface area (Å²) in [4.78, 5) is 36.1. The van der Waals surface area contributed by atoms with Crippen LogP contribution in [0.2, 0.25) is 0 Å². The van der Waals surface area contributed by atoms with E-state index in [1.807, 2.05) is 0 Å². The fourth-order valence-corrected chi connectivity index (χ4v) is 1.47. The number of carboxylic acids is 1. The lowest BCUT2D eigenvalue weighted by Crippen LogP contribution is -2.16. The number of amides is 1. The van der Waals surface area contributed by atoms with E-state index in [9.17, 15) is 14.4 Å². The molecule has 1 rings (SSSR count). The number of methoxy groups -OCH3 is 1. The number of nitrogens with one attached hydrogen (secondary N) is 1. The maximum Gasteiger partial charge on any atom is 0.347 e. The van der Waals surface area contributed by atoms with Gasteiger partial charge < -0.3 is 15.2 Å². The van der Waals surface area contributed by atoms with Gasteiger partial charge in [-0.15, -0.1) is 0 Å². The fourth-order valence-electron chi connectivity index (χ4n) is 0.798. The van der Waals surface area contributed by atoms with Crippen molar-refractivity contribution < 1.29 is 24.2 Å². The second-order valence-corrected chi connectivity index (χ2v) is 3.67. The van der Waals surface area contributed by atoms with Crippen LogP contribution in [0.1, 0.15) is 16.1 Å². The summed E-state index contributed by atoms with van der Waals surface area (Å²) in [6, 6.07) is 0. The lowest BCUT2D eigenvalue weighted by atomic mass is 10.4. The molecule has 1 aromatic rings. The van der Waals surface area contributed by atoms with Crippen molar-refractivity contribution >= 4 is 34.3 Å². The van der Waals surface area contributed by atoms with Crippen molar-refractivity contribution in [1.82, 2.24) is 4.98 Å². The van der Waals surface area contributed by atoms with Gasteiger partial charge in [-0.25, -0.2) is 9.78 Å². The quantitative estimate of drug-likeness (QED) is 0.584. The molecule has 16 heavy (non-hydrogen) atoms. The first-order chi connectivity index (χ1) is 7.52. The van der Waals surface area contributed by atoms with Gasteiger partial charge in [-0.3, -0.25) is 9.59 Å². The molecular formula is C8H8N2O5S. The van der Waals surface area contributed by atoms with Gasteiger partial charge in [0.05, 0.1) is 13.3 Å². The molecule has 2 N–H and O–H groups in total. The van der Waals surface area contributed by atoms with Crippen molar-refractivity contribution in [3.8, 4) is 0 Å². The van der Waals surface area contributed by atoms with Gasteiger partial charge in [0, 0.05) is 0 Å². The number of nitrogens with zero attached hydrogens (tertiary/aromatic N) is 1. The Labute approximate surface area is 94.1 Å². The van der Waals surface area contributed by atoms with Crippen molar-refractivity contribution in [3.05, 3.63) is 11.1 Å². The summed E-state index contributed by atoms with van der Waals surface area (Å²) in [5, 5.41) is 11.0. The van der Waals surface area contributed by atoms with Crippen molar-refractivity contribution in [3.63, 3.8) is 0 Å². The van der Waals surface area contributed by atoms with Crippen LogP contribution in [0.4, 0.5) is 5.13 Å². The zero-order valence-corrected chi connectivity index (χ0v) is 9.04. The van der Waals surface area contributed by atoms with E-state index in [-0.39, 0.29) is 10.0 Å². The number of carbonyl (C=O) groups excluding carboxylic acids is 2. The van der Waals surface area contributed by atoms with Gasteiger partial charge in [0.15, 0.2) is 5.13 Å². The highest BCUT2D eigenvalue weighted by molar-refractivity contribution is 7.17. The van der Waals surface area contributed by atoms with E-state index < -0.39 is 24.3 Å². The molecule has 0 saturated heterocycles. The molecule has 0 atom stereocenters. The predicted octanol–water partition coefficient (Wildman–Crippen LogP) is 0.343. The molecule has 0 aliphatic heterocycles. The van der Waals surface area contributed by atoms with E-state index in [0.29, 0.717) is 0 Å². The highest BCUT2D eigenvalue weighted by atomic mass is 32.1. The molecule has 0 radical (unpaired) electrons. The van der Waals surface area contributed by atoms with Crippen molar-refractivity contribution in [2.75, 3.05) is 12.4 Å². The number of ether oxygens (including phenoxy) is 1. The van der Waals surface area contributed by atoms with Crippen LogP contribution < -0.4 is 5.32 Å². The molecule has 0 aromatic carbocycles. The fraction of sp³-hybridized carbons (Fsp3) is 0.250. The highest BCUT2D eigenvalue weighted by Crippen LogP contribution is 2.17. The standard InChI is InChI=1S/C8H8N2O5S/c1-15-6(12)2-5(11)10-8-9-3-4(16-8)7(13)14/h3H,2H2,1H3,(H,13,14)(H,9,10,11). The van der Waals surface area contributed by atoms with Crippen LogP contribution in [0.3, 0.4) is 0 Å². The summed E-state index contributed by atoms with van der Waals surface area (Å²) in [7, 11) is 1.17. The maximum absolute atomic E-state index is 11.2. The Balaban J connectivity index is 2.56. The number of thiazole rings is 1. The van der Waals surface area contributed by atoms with Gasteiger partial charge in [0.1, 0.15) is 11.3 Å². The SMILES string of the molecule is COC(=O)CC(=O)Nc1ncc(C(=O)O)s1. The van der Waals surface area contributed by atoms with Gasteiger partial charge in [0.25, 0.3) is 0 Å². The van der Waals surface area contributed by atoms with Crippen LogP contribution in [-0.4, -0.2) is 35.0 Å². The maximum atomic E-state index is 11.2. The van der Waals surface area contributed by atoms with E-state index in [1.54, 1.807) is 0 Å². The number of carbonyl (C=O) groups is 3. The van der Waals surface area contributed by atoms with Gasteiger partial charge in [-0.1, -0.05) is 11.3 Å². The number of hydrogen-bond acceptors (Lipinski definition) is 6. The number of hydrogen-bond donors (Lipinski definition) is 2. The molecule has 8 heteroatoms. The average molecular weight is 244 g/mol. The smallest absolute Gasteiger partial charge is 0.347 e. The molecule has 1 aromatic heterocycles. The van der Waals surface area contributed by atoms with Gasteiger partial charge in [0.2, 0.25) is 5.91 Å². The molecule has 0 fully saturated rings. The number of carboxylic acid groups (broad SMARTS) is 1. The van der Waals surface area contributed by atoms with E-state index in [0.717, 1.165) is 17.5 Å². The van der Waals surface area contributed by atoms with Crippen molar-refractivity contribution in [2.24, 2.45) is 0 Å². The third-order valence-electron chi connectivity index (χ3n) is 1.50. The second-order valence-electron chi connectivity index (χ2n) is 2.64. The molecule has 1 amide bonds. The number of anilines is 1. The minimum Gasteiger partial charge on any atom is -0.477 e. The lowest BCUT2D eigenvalue weighted by Gasteiger charge is -1.99. The minimum atomic E-state index is -1.12. The molecule has 0 spiro atoms. The van der Waals surface area contributed by atoms with Crippen molar-refractivity contribution in [1.29, 1.82) is 0 Å². The van der Waals surface area contributed by atoms with Crippen molar-refractivity contribution in [2.45, 2.75) is 6.42 Å². The van der Waals surface area contributed by atoms with Crippen LogP contribution in [0.25, 0.3) is 0 Å². The van der Waals surface area contributed by atoms with E-state index in [2.05, 4.69) is 15.0 Å². The summed E-state index contributed by atoms with van der Waals surface area (Å²) in [5.74, 6) is -2.39. The second kappa shape index (κ2) is 5.21. The van der Waals surface area contributed by atoms with Gasteiger partial charge in [-0.2, -0.15) is 0 Å². The van der Waals surface area contributed by atoms with Crippen LogP contribution >= 0.6 is 11.3 Å². The van der Waals surface area contributed by atoms with Crippen LogP contribution in [0, 0.1) is 0 Å². The zero-order chi connectivity index (χ0) is 12.1. The first-order valence-corrected chi connectivity index (χ1v) is 4.90. The number of rotatable bonds is 4. The molecule has 0 bridgehead atoms. The predicted molar refractivity (Wildman–Crippen MR) is 54.3 cm³/mol. The van der Waals surface area contributed by atoms with Gasteiger partial charge >= 0.3 is 11.9 Å². The third kappa shape index (κ3) is 3.31. The van der Waals surface area contributed by atoms with E-state index >= 15 is 0 Å². The Hall–Kier alpha value is -1.96. The number of aromatic carboxylic acids is 1. The summed E-state index contributed by atoms with van der Waals surface area (Å²) in [5.41, 5.74) is 0. The Morgan fingerprint density at radius 1 is 1.56 bits per heavy atom. The van der Waals surface area contributed by atoms with Crippen LogP contribution in [0.15, 0.2) is 6.20 Å². The highest BCUT2D eigenvalue weighted by Gasteiger charge is 2.13. The minimum absolute atomic E-state index is 0.00775. The average Bonchev–Trinajstić information content (AvgIpc) is 2.65. The Bertz CT molecular complexity index is 428. The van der Waals surface area contributed by atoms with E-state index in [4.69, 9.17) is 5.11 Å². The van der Waals surface area contributed by atoms with Gasteiger partial charge in [-0.05, 0) is 0 Å². The first-order valence-electron chi connectivity index (χ1n) is 4.08. The monoisotopic (exact) mass is 244 g/mol. The Morgan fingerprint density at radius 2 is 2.25 bits per heavy atom. The van der Waals surface area contributed by atoms with Crippen LogP contribution in [-0.2, 0) is 14.3 Å². The van der Waals surface area contributed by atoms with E-state index in [1.165, 1.54) is 7.11 Å². The summed E-state index contributed by atoms with van der Waals surface area (Å²) >= 11 is 0.809. The number of aromatic nitrogens is 1. The summed E-state index contributed by atoms with van der Waals surface area (Å²) in [6.07, 6.45) is 0.694. The first kappa shape index (κ1) is 12.1. The molecular weight excluding hydrogens is 236 g/mol. The lowest BCUT2D eigenvalue weighted by molar-refractivity contribution is -0.142. The normalized spacial score (nSPS) is 9.56. The summed E-state index contributed by atoms with van der Waals surface area (Å²) in [6.45, 7) is 0. The molecule has 1 heterocycles. The molecule has 0 unspecified atom stereocenters. The summed E-state index contributed by atoms with van der Waals surface area (Å²) < 4.78 is 4.29. The molecule has 7 nitrogen and oxygen atoms in total. The molecule has 0 saturated carbocycles. The Kier molecular flexibility index (Phi) is 3.95. The Morgan fingerprint density at radius 3 is 2.75 bits per heavy atom. The third-order valence-corrected chi connectivity index (χ3v) is 2.40. The molecule has 86 valence electrons. The molecule has 0 aliphatic carbocycles. The largest absolute Gasteiger partial charge is 0.477 e.